The standard InChI is InChI=1S/C10H12FNO/c1-12-10(7-13)6-8-3-2-4-9(11)5-8/h2-5,7,10,12H,6H2,1H3. The molecule has 3 heteroatoms. The van der Waals surface area contributed by atoms with Crippen LogP contribution in [0.5, 0.6) is 0 Å². The maximum atomic E-state index is 12.7. The highest BCUT2D eigenvalue weighted by Crippen LogP contribution is 2.05. The largest absolute Gasteiger partial charge is 0.311 e. The lowest BCUT2D eigenvalue weighted by atomic mass is 10.1. The van der Waals surface area contributed by atoms with E-state index in [-0.39, 0.29) is 11.9 Å². The third-order valence-electron chi connectivity index (χ3n) is 1.88. The zero-order valence-electron chi connectivity index (χ0n) is 7.46. The molecule has 0 heterocycles. The molecule has 0 saturated carbocycles. The van der Waals surface area contributed by atoms with E-state index in [1.807, 2.05) is 0 Å². The first-order chi connectivity index (χ1) is 6.26. The monoisotopic (exact) mass is 181 g/mol. The zero-order chi connectivity index (χ0) is 9.68. The van der Waals surface area contributed by atoms with Gasteiger partial charge in [0, 0.05) is 0 Å². The molecule has 0 radical (unpaired) electrons. The van der Waals surface area contributed by atoms with Crippen LogP contribution in [0.1, 0.15) is 5.56 Å². The summed E-state index contributed by atoms with van der Waals surface area (Å²) in [4.78, 5) is 10.5. The van der Waals surface area contributed by atoms with E-state index in [1.54, 1.807) is 19.2 Å². The van der Waals surface area contributed by atoms with Gasteiger partial charge in [-0.3, -0.25) is 0 Å². The summed E-state index contributed by atoms with van der Waals surface area (Å²) in [6.07, 6.45) is 1.35. The minimum Gasteiger partial charge on any atom is -0.311 e. The Labute approximate surface area is 76.8 Å². The molecule has 1 aromatic carbocycles. The van der Waals surface area contributed by atoms with Crippen molar-refractivity contribution >= 4 is 6.29 Å². The summed E-state index contributed by atoms with van der Waals surface area (Å²) in [5, 5.41) is 2.83. The average Bonchev–Trinajstić information content (AvgIpc) is 2.14. The van der Waals surface area contributed by atoms with Gasteiger partial charge in [0.05, 0.1) is 6.04 Å². The van der Waals surface area contributed by atoms with Crippen molar-refractivity contribution in [2.75, 3.05) is 7.05 Å². The Balaban J connectivity index is 2.67. The lowest BCUT2D eigenvalue weighted by Gasteiger charge is -2.08. The molecule has 0 aromatic heterocycles. The molecule has 70 valence electrons. The molecule has 1 aromatic rings. The summed E-state index contributed by atoms with van der Waals surface area (Å²) in [6.45, 7) is 0. The molecule has 1 unspecified atom stereocenters. The Kier molecular flexibility index (Phi) is 3.58. The van der Waals surface area contributed by atoms with E-state index in [9.17, 15) is 9.18 Å². The highest BCUT2D eigenvalue weighted by atomic mass is 19.1. The predicted molar refractivity (Wildman–Crippen MR) is 49.0 cm³/mol. The van der Waals surface area contributed by atoms with Crippen LogP contribution in [0.25, 0.3) is 0 Å². The Hall–Kier alpha value is -1.22. The van der Waals surface area contributed by atoms with E-state index in [0.29, 0.717) is 6.42 Å². The normalized spacial score (nSPS) is 12.5. The van der Waals surface area contributed by atoms with Crippen LogP contribution in [0.2, 0.25) is 0 Å². The second-order valence-corrected chi connectivity index (χ2v) is 2.87. The molecule has 0 spiro atoms. The summed E-state index contributed by atoms with van der Waals surface area (Å²) in [5.41, 5.74) is 0.825. The van der Waals surface area contributed by atoms with Crippen LogP contribution >= 0.6 is 0 Å². The van der Waals surface area contributed by atoms with Gasteiger partial charge >= 0.3 is 0 Å². The Morgan fingerprint density at radius 2 is 2.38 bits per heavy atom. The van der Waals surface area contributed by atoms with Crippen molar-refractivity contribution in [2.45, 2.75) is 12.5 Å². The van der Waals surface area contributed by atoms with Gasteiger partial charge in [-0.25, -0.2) is 4.39 Å². The maximum absolute atomic E-state index is 12.7. The van der Waals surface area contributed by atoms with Crippen LogP contribution in [-0.4, -0.2) is 19.4 Å². The number of carbonyl (C=O) groups excluding carboxylic acids is 1. The molecule has 13 heavy (non-hydrogen) atoms. The number of carbonyl (C=O) groups is 1. The first-order valence-electron chi connectivity index (χ1n) is 4.13. The summed E-state index contributed by atoms with van der Waals surface area (Å²) in [5.74, 6) is -0.266. The summed E-state index contributed by atoms with van der Waals surface area (Å²) in [7, 11) is 1.71. The highest BCUT2D eigenvalue weighted by Gasteiger charge is 2.05. The van der Waals surface area contributed by atoms with Crippen molar-refractivity contribution < 1.29 is 9.18 Å². The summed E-state index contributed by atoms with van der Waals surface area (Å²) >= 11 is 0. The summed E-state index contributed by atoms with van der Waals surface area (Å²) < 4.78 is 12.7. The third-order valence-corrected chi connectivity index (χ3v) is 1.88. The van der Waals surface area contributed by atoms with Gasteiger partial charge < -0.3 is 10.1 Å². The molecule has 1 N–H and O–H groups in total. The van der Waals surface area contributed by atoms with E-state index in [1.165, 1.54) is 12.1 Å². The summed E-state index contributed by atoms with van der Waals surface area (Å²) in [6, 6.07) is 6.04. The first kappa shape index (κ1) is 9.86. The van der Waals surface area contributed by atoms with Crippen LogP contribution in [0.4, 0.5) is 4.39 Å². The van der Waals surface area contributed by atoms with Gasteiger partial charge in [-0.15, -0.1) is 0 Å². The first-order valence-corrected chi connectivity index (χ1v) is 4.13. The van der Waals surface area contributed by atoms with Crippen molar-refractivity contribution in [1.29, 1.82) is 0 Å². The van der Waals surface area contributed by atoms with Crippen molar-refractivity contribution in [1.82, 2.24) is 5.32 Å². The van der Waals surface area contributed by atoms with Crippen LogP contribution in [0.3, 0.4) is 0 Å². The Morgan fingerprint density at radius 1 is 1.62 bits per heavy atom. The second-order valence-electron chi connectivity index (χ2n) is 2.87. The van der Waals surface area contributed by atoms with E-state index in [0.717, 1.165) is 11.8 Å². The number of aldehydes is 1. The molecule has 0 saturated heterocycles. The molecule has 0 bridgehead atoms. The topological polar surface area (TPSA) is 29.1 Å². The fourth-order valence-electron chi connectivity index (χ4n) is 1.14. The quantitative estimate of drug-likeness (QED) is 0.706. The van der Waals surface area contributed by atoms with E-state index >= 15 is 0 Å². The van der Waals surface area contributed by atoms with Crippen molar-refractivity contribution in [3.05, 3.63) is 35.6 Å². The fraction of sp³-hybridized carbons (Fsp3) is 0.300. The lowest BCUT2D eigenvalue weighted by molar-refractivity contribution is -0.109. The van der Waals surface area contributed by atoms with Crippen LogP contribution in [-0.2, 0) is 11.2 Å². The van der Waals surface area contributed by atoms with Gasteiger partial charge in [-0.05, 0) is 31.2 Å². The second kappa shape index (κ2) is 4.72. The number of halogens is 1. The third kappa shape index (κ3) is 2.95. The molecule has 0 amide bonds. The van der Waals surface area contributed by atoms with E-state index < -0.39 is 0 Å². The minimum atomic E-state index is -0.266. The number of nitrogens with one attached hydrogen (secondary N) is 1. The van der Waals surface area contributed by atoms with Gasteiger partial charge in [-0.2, -0.15) is 0 Å². The molecule has 0 aliphatic rings. The van der Waals surface area contributed by atoms with E-state index in [4.69, 9.17) is 0 Å². The Morgan fingerprint density at radius 3 is 2.92 bits per heavy atom. The minimum absolute atomic E-state index is 0.234. The predicted octanol–water partition coefficient (Wildman–Crippen LogP) is 1.16. The van der Waals surface area contributed by atoms with Crippen LogP contribution in [0, 0.1) is 5.82 Å². The molecular formula is C10H12FNO. The number of rotatable bonds is 4. The molecule has 1 rings (SSSR count). The molecule has 0 fully saturated rings. The van der Waals surface area contributed by atoms with Gasteiger partial charge in [0.15, 0.2) is 0 Å². The molecule has 1 atom stereocenters. The van der Waals surface area contributed by atoms with Crippen molar-refractivity contribution in [3.63, 3.8) is 0 Å². The molecule has 0 aliphatic carbocycles. The van der Waals surface area contributed by atoms with Gasteiger partial charge in [-0.1, -0.05) is 12.1 Å². The smallest absolute Gasteiger partial charge is 0.137 e. The number of hydrogen-bond donors (Lipinski definition) is 1. The van der Waals surface area contributed by atoms with Crippen molar-refractivity contribution in [3.8, 4) is 0 Å². The van der Waals surface area contributed by atoms with Crippen LogP contribution in [0.15, 0.2) is 24.3 Å². The average molecular weight is 181 g/mol. The Bertz CT molecular complexity index is 288. The van der Waals surface area contributed by atoms with Crippen LogP contribution < -0.4 is 5.32 Å². The number of hydrogen-bond acceptors (Lipinski definition) is 2. The molecule has 0 aliphatic heterocycles. The number of likely N-dealkylation sites (N-methyl/N-ethyl adjacent to an activating group) is 1. The zero-order valence-corrected chi connectivity index (χ0v) is 7.46. The van der Waals surface area contributed by atoms with Gasteiger partial charge in [0.25, 0.3) is 0 Å². The van der Waals surface area contributed by atoms with Crippen molar-refractivity contribution in [2.24, 2.45) is 0 Å². The highest BCUT2D eigenvalue weighted by molar-refractivity contribution is 5.58. The SMILES string of the molecule is CNC(C=O)Cc1cccc(F)c1. The number of benzene rings is 1. The lowest BCUT2D eigenvalue weighted by Crippen LogP contribution is -2.28. The van der Waals surface area contributed by atoms with E-state index in [2.05, 4.69) is 5.32 Å². The van der Waals surface area contributed by atoms with Gasteiger partial charge in [0.2, 0.25) is 0 Å². The maximum Gasteiger partial charge on any atom is 0.137 e. The van der Waals surface area contributed by atoms with Gasteiger partial charge in [0.1, 0.15) is 12.1 Å². The fourth-order valence-corrected chi connectivity index (χ4v) is 1.14. The molecular weight excluding hydrogens is 169 g/mol. The molecule has 2 nitrogen and oxygen atoms in total.